The second kappa shape index (κ2) is 7.43. The molecule has 1 aromatic carbocycles. The van der Waals surface area contributed by atoms with Gasteiger partial charge in [-0.15, -0.1) is 0 Å². The third-order valence-electron chi connectivity index (χ3n) is 3.07. The molecule has 1 aromatic rings. The molecule has 0 aromatic heterocycles. The summed E-state index contributed by atoms with van der Waals surface area (Å²) in [5.74, 6) is -0.0880. The van der Waals surface area contributed by atoms with E-state index in [0.717, 1.165) is 15.7 Å². The number of rotatable bonds is 5. The normalized spacial score (nSPS) is 10.5. The maximum absolute atomic E-state index is 11.9. The monoisotopic (exact) mass is 340 g/mol. The summed E-state index contributed by atoms with van der Waals surface area (Å²) in [5.41, 5.74) is 1.80. The molecular formula is C15H21BrN2O2. The van der Waals surface area contributed by atoms with Crippen molar-refractivity contribution >= 4 is 33.4 Å². The quantitative estimate of drug-likeness (QED) is 0.893. The lowest BCUT2D eigenvalue weighted by Gasteiger charge is -2.25. The zero-order valence-corrected chi connectivity index (χ0v) is 14.0. The first-order valence-electron chi connectivity index (χ1n) is 6.64. The summed E-state index contributed by atoms with van der Waals surface area (Å²) in [6, 6.07) is 5.81. The van der Waals surface area contributed by atoms with Crippen LogP contribution in [0, 0.1) is 6.92 Å². The van der Waals surface area contributed by atoms with Gasteiger partial charge in [-0.05, 0) is 44.5 Å². The molecule has 0 saturated carbocycles. The summed E-state index contributed by atoms with van der Waals surface area (Å²) in [4.78, 5) is 25.1. The Bertz CT molecular complexity index is 501. The summed E-state index contributed by atoms with van der Waals surface area (Å²) < 4.78 is 0.982. The summed E-state index contributed by atoms with van der Waals surface area (Å²) in [6.07, 6.45) is 0.299. The van der Waals surface area contributed by atoms with Gasteiger partial charge in [-0.1, -0.05) is 15.9 Å². The molecular weight excluding hydrogens is 320 g/mol. The van der Waals surface area contributed by atoms with E-state index in [4.69, 9.17) is 0 Å². The molecule has 0 aliphatic rings. The predicted molar refractivity (Wildman–Crippen MR) is 84.6 cm³/mol. The molecule has 0 atom stereocenters. The molecule has 5 heteroatoms. The van der Waals surface area contributed by atoms with Crippen LogP contribution in [-0.2, 0) is 9.59 Å². The highest BCUT2D eigenvalue weighted by molar-refractivity contribution is 9.10. The Morgan fingerprint density at radius 3 is 2.50 bits per heavy atom. The Hall–Kier alpha value is -1.36. The molecule has 0 aliphatic carbocycles. The molecule has 2 amide bonds. The maximum atomic E-state index is 11.9. The molecule has 0 aliphatic heterocycles. The smallest absolute Gasteiger partial charge is 0.226 e. The first kappa shape index (κ1) is 16.7. The number of nitrogens with zero attached hydrogens (tertiary/aromatic N) is 1. The van der Waals surface area contributed by atoms with Gasteiger partial charge in [-0.25, -0.2) is 0 Å². The van der Waals surface area contributed by atoms with Crippen molar-refractivity contribution in [1.82, 2.24) is 4.90 Å². The van der Waals surface area contributed by atoms with Crippen molar-refractivity contribution in [3.05, 3.63) is 28.2 Å². The van der Waals surface area contributed by atoms with Crippen LogP contribution < -0.4 is 5.32 Å². The number of hydrogen-bond acceptors (Lipinski definition) is 2. The Kier molecular flexibility index (Phi) is 6.20. The minimum atomic E-state index is -0.0812. The fraction of sp³-hybridized carbons (Fsp3) is 0.467. The van der Waals surface area contributed by atoms with E-state index >= 15 is 0 Å². The van der Waals surface area contributed by atoms with Crippen molar-refractivity contribution in [3.8, 4) is 0 Å². The summed E-state index contributed by atoms with van der Waals surface area (Å²) in [6.45, 7) is 7.79. The number of anilines is 1. The molecule has 0 unspecified atom stereocenters. The molecule has 4 nitrogen and oxygen atoms in total. The third kappa shape index (κ3) is 4.96. The summed E-state index contributed by atoms with van der Waals surface area (Å²) >= 11 is 3.39. The number of nitrogens with one attached hydrogen (secondary N) is 1. The van der Waals surface area contributed by atoms with Crippen LogP contribution in [0.3, 0.4) is 0 Å². The fourth-order valence-electron chi connectivity index (χ4n) is 1.98. The Morgan fingerprint density at radius 1 is 1.35 bits per heavy atom. The lowest BCUT2D eigenvalue weighted by Crippen LogP contribution is -2.37. The number of benzene rings is 1. The molecule has 0 saturated heterocycles. The Balaban J connectivity index is 2.57. The van der Waals surface area contributed by atoms with Gasteiger partial charge < -0.3 is 10.2 Å². The first-order valence-corrected chi connectivity index (χ1v) is 7.43. The lowest BCUT2D eigenvalue weighted by molar-refractivity contribution is -0.130. The molecule has 1 N–H and O–H groups in total. The summed E-state index contributed by atoms with van der Waals surface area (Å²) in [7, 11) is 0. The number of halogens is 1. The van der Waals surface area contributed by atoms with Gasteiger partial charge in [0, 0.05) is 36.1 Å². The van der Waals surface area contributed by atoms with Crippen molar-refractivity contribution in [2.45, 2.75) is 40.2 Å². The predicted octanol–water partition coefficient (Wildman–Crippen LogP) is 3.34. The highest BCUT2D eigenvalue weighted by Crippen LogP contribution is 2.20. The molecule has 1 rings (SSSR count). The van der Waals surface area contributed by atoms with Crippen LogP contribution in [-0.4, -0.2) is 29.3 Å². The van der Waals surface area contributed by atoms with E-state index in [-0.39, 0.29) is 17.9 Å². The van der Waals surface area contributed by atoms with Crippen LogP contribution in [0.2, 0.25) is 0 Å². The van der Waals surface area contributed by atoms with E-state index in [1.807, 2.05) is 39.0 Å². The lowest BCUT2D eigenvalue weighted by atomic mass is 10.2. The summed E-state index contributed by atoms with van der Waals surface area (Å²) in [5, 5.41) is 2.87. The van der Waals surface area contributed by atoms with Gasteiger partial charge >= 0.3 is 0 Å². The topological polar surface area (TPSA) is 49.4 Å². The largest absolute Gasteiger partial charge is 0.340 e. The number of aryl methyl sites for hydroxylation is 1. The van der Waals surface area contributed by atoms with Crippen LogP contribution in [0.4, 0.5) is 5.69 Å². The molecule has 20 heavy (non-hydrogen) atoms. The van der Waals surface area contributed by atoms with Crippen molar-refractivity contribution in [3.63, 3.8) is 0 Å². The van der Waals surface area contributed by atoms with Gasteiger partial charge in [0.15, 0.2) is 0 Å². The van der Waals surface area contributed by atoms with Gasteiger partial charge in [0.2, 0.25) is 11.8 Å². The fourth-order valence-corrected chi connectivity index (χ4v) is 2.46. The van der Waals surface area contributed by atoms with Crippen LogP contribution in [0.1, 0.15) is 32.8 Å². The molecule has 0 spiro atoms. The van der Waals surface area contributed by atoms with Crippen molar-refractivity contribution in [2.24, 2.45) is 0 Å². The van der Waals surface area contributed by atoms with Crippen molar-refractivity contribution in [2.75, 3.05) is 11.9 Å². The zero-order valence-electron chi connectivity index (χ0n) is 12.4. The van der Waals surface area contributed by atoms with E-state index in [1.54, 1.807) is 4.90 Å². The molecule has 0 fully saturated rings. The first-order chi connectivity index (χ1) is 9.31. The minimum absolute atomic E-state index is 0.00683. The van der Waals surface area contributed by atoms with Gasteiger partial charge in [0.1, 0.15) is 0 Å². The van der Waals surface area contributed by atoms with Gasteiger partial charge in [-0.3, -0.25) is 9.59 Å². The van der Waals surface area contributed by atoms with Crippen LogP contribution >= 0.6 is 15.9 Å². The second-order valence-corrected chi connectivity index (χ2v) is 5.98. The highest BCUT2D eigenvalue weighted by Gasteiger charge is 2.14. The van der Waals surface area contributed by atoms with E-state index in [0.29, 0.717) is 13.0 Å². The number of amides is 2. The minimum Gasteiger partial charge on any atom is -0.340 e. The van der Waals surface area contributed by atoms with Crippen molar-refractivity contribution < 1.29 is 9.59 Å². The Morgan fingerprint density at radius 2 is 2.00 bits per heavy atom. The Labute approximate surface area is 128 Å². The van der Waals surface area contributed by atoms with Crippen LogP contribution in [0.5, 0.6) is 0 Å². The van der Waals surface area contributed by atoms with E-state index < -0.39 is 0 Å². The number of hydrogen-bond donors (Lipinski definition) is 1. The zero-order chi connectivity index (χ0) is 15.3. The molecule has 110 valence electrons. The average Bonchev–Trinajstić information content (AvgIpc) is 2.32. The SMILES string of the molecule is CC(=O)N(CCC(=O)Nc1ccc(Br)cc1C)C(C)C. The highest BCUT2D eigenvalue weighted by atomic mass is 79.9. The van der Waals surface area contributed by atoms with E-state index in [1.165, 1.54) is 6.92 Å². The molecule has 0 bridgehead atoms. The average molecular weight is 341 g/mol. The molecule has 0 radical (unpaired) electrons. The van der Waals surface area contributed by atoms with Crippen molar-refractivity contribution in [1.29, 1.82) is 0 Å². The standard InChI is InChI=1S/C15H21BrN2O2/c1-10(2)18(12(4)19)8-7-15(20)17-14-6-5-13(16)9-11(14)3/h5-6,9-10H,7-8H2,1-4H3,(H,17,20). The third-order valence-corrected chi connectivity index (χ3v) is 3.56. The van der Waals surface area contributed by atoms with Gasteiger partial charge in [0.25, 0.3) is 0 Å². The van der Waals surface area contributed by atoms with Gasteiger partial charge in [0.05, 0.1) is 0 Å². The van der Waals surface area contributed by atoms with Crippen LogP contribution in [0.15, 0.2) is 22.7 Å². The number of carbonyl (C=O) groups excluding carboxylic acids is 2. The van der Waals surface area contributed by atoms with Gasteiger partial charge in [-0.2, -0.15) is 0 Å². The second-order valence-electron chi connectivity index (χ2n) is 5.06. The van der Waals surface area contributed by atoms with Crippen LogP contribution in [0.25, 0.3) is 0 Å². The van der Waals surface area contributed by atoms with E-state index in [2.05, 4.69) is 21.2 Å². The van der Waals surface area contributed by atoms with E-state index in [9.17, 15) is 9.59 Å². The maximum Gasteiger partial charge on any atom is 0.226 e. The molecule has 0 heterocycles. The number of carbonyl (C=O) groups is 2.